The molecule has 0 aromatic carbocycles. The Labute approximate surface area is 110 Å². The fourth-order valence-corrected chi connectivity index (χ4v) is 1.56. The van der Waals surface area contributed by atoms with Crippen molar-refractivity contribution in [1.82, 2.24) is 9.97 Å². The largest absolute Gasteiger partial charge is 0.433 e. The van der Waals surface area contributed by atoms with Crippen LogP contribution in [0.3, 0.4) is 0 Å². The number of nitrogens with zero attached hydrogens (tertiary/aromatic N) is 3. The van der Waals surface area contributed by atoms with Crippen molar-refractivity contribution < 1.29 is 13.2 Å². The molecule has 0 aliphatic carbocycles. The molecule has 0 amide bonds. The van der Waals surface area contributed by atoms with Gasteiger partial charge in [-0.25, -0.2) is 4.98 Å². The zero-order valence-corrected chi connectivity index (χ0v) is 11.7. The number of halogens is 3. The smallest absolute Gasteiger partial charge is 0.368 e. The first-order valence-corrected chi connectivity index (χ1v) is 5.87. The Morgan fingerprint density at radius 3 is 2.16 bits per heavy atom. The minimum absolute atomic E-state index is 0.0112. The quantitative estimate of drug-likeness (QED) is 0.902. The second-order valence-corrected chi connectivity index (χ2v) is 5.62. The van der Waals surface area contributed by atoms with E-state index in [2.05, 4.69) is 9.97 Å². The molecule has 1 aromatic rings. The van der Waals surface area contributed by atoms with E-state index in [1.807, 2.05) is 27.7 Å². The van der Waals surface area contributed by atoms with Crippen LogP contribution in [0.4, 0.5) is 24.9 Å². The summed E-state index contributed by atoms with van der Waals surface area (Å²) in [6.45, 7) is 7.93. The van der Waals surface area contributed by atoms with E-state index in [0.29, 0.717) is 0 Å². The van der Waals surface area contributed by atoms with E-state index in [1.54, 1.807) is 11.9 Å². The molecular formula is C12H19F3N4. The van der Waals surface area contributed by atoms with Gasteiger partial charge < -0.3 is 10.6 Å². The first-order valence-electron chi connectivity index (χ1n) is 5.87. The van der Waals surface area contributed by atoms with Gasteiger partial charge in [-0.1, -0.05) is 20.8 Å². The zero-order chi connectivity index (χ0) is 15.0. The van der Waals surface area contributed by atoms with Gasteiger partial charge in [0.1, 0.15) is 5.82 Å². The first-order chi connectivity index (χ1) is 8.43. The van der Waals surface area contributed by atoms with Crippen molar-refractivity contribution in [3.8, 4) is 0 Å². The minimum atomic E-state index is -4.53. The normalized spacial score (nSPS) is 14.3. The van der Waals surface area contributed by atoms with Crippen LogP contribution in [0.15, 0.2) is 6.07 Å². The Bertz CT molecular complexity index is 451. The number of nitrogen functional groups attached to an aromatic ring is 1. The van der Waals surface area contributed by atoms with E-state index >= 15 is 0 Å². The van der Waals surface area contributed by atoms with Gasteiger partial charge >= 0.3 is 6.18 Å². The Morgan fingerprint density at radius 2 is 1.74 bits per heavy atom. The highest BCUT2D eigenvalue weighted by Gasteiger charge is 2.34. The molecule has 4 nitrogen and oxygen atoms in total. The molecule has 0 bridgehead atoms. The highest BCUT2D eigenvalue weighted by atomic mass is 19.4. The lowest BCUT2D eigenvalue weighted by atomic mass is 9.87. The van der Waals surface area contributed by atoms with Crippen LogP contribution in [0, 0.1) is 5.41 Å². The van der Waals surface area contributed by atoms with Crippen LogP contribution in [0.25, 0.3) is 0 Å². The van der Waals surface area contributed by atoms with E-state index < -0.39 is 11.9 Å². The molecule has 0 spiro atoms. The maximum Gasteiger partial charge on any atom is 0.433 e. The highest BCUT2D eigenvalue weighted by molar-refractivity contribution is 5.44. The first kappa shape index (κ1) is 15.5. The molecule has 19 heavy (non-hydrogen) atoms. The summed E-state index contributed by atoms with van der Waals surface area (Å²) in [6, 6.07) is 0.904. The average Bonchev–Trinajstić information content (AvgIpc) is 2.23. The van der Waals surface area contributed by atoms with Gasteiger partial charge in [-0.15, -0.1) is 0 Å². The van der Waals surface area contributed by atoms with Gasteiger partial charge in [0.2, 0.25) is 5.95 Å². The van der Waals surface area contributed by atoms with Crippen LogP contribution < -0.4 is 10.6 Å². The molecule has 108 valence electrons. The van der Waals surface area contributed by atoms with E-state index in [4.69, 9.17) is 5.73 Å². The minimum Gasteiger partial charge on any atom is -0.368 e. The summed E-state index contributed by atoms with van der Waals surface area (Å²) in [5.74, 6) is -0.208. The van der Waals surface area contributed by atoms with Gasteiger partial charge in [0.15, 0.2) is 5.69 Å². The predicted molar refractivity (Wildman–Crippen MR) is 68.8 cm³/mol. The summed E-state index contributed by atoms with van der Waals surface area (Å²) in [6.07, 6.45) is -4.53. The number of nitrogens with two attached hydrogens (primary N) is 1. The summed E-state index contributed by atoms with van der Waals surface area (Å²) < 4.78 is 38.0. The molecule has 0 saturated heterocycles. The van der Waals surface area contributed by atoms with Crippen LogP contribution >= 0.6 is 0 Å². The van der Waals surface area contributed by atoms with Crippen LogP contribution in [-0.2, 0) is 6.18 Å². The number of aromatic nitrogens is 2. The van der Waals surface area contributed by atoms with Crippen molar-refractivity contribution in [1.29, 1.82) is 0 Å². The molecule has 1 atom stereocenters. The van der Waals surface area contributed by atoms with Crippen molar-refractivity contribution >= 4 is 11.8 Å². The fourth-order valence-electron chi connectivity index (χ4n) is 1.56. The molecule has 0 fully saturated rings. The number of hydrogen-bond acceptors (Lipinski definition) is 4. The summed E-state index contributed by atoms with van der Waals surface area (Å²) in [4.78, 5) is 8.77. The zero-order valence-electron chi connectivity index (χ0n) is 11.7. The molecule has 0 aliphatic rings. The fraction of sp³-hybridized carbons (Fsp3) is 0.667. The average molecular weight is 276 g/mol. The van der Waals surface area contributed by atoms with E-state index in [1.165, 1.54) is 0 Å². The Morgan fingerprint density at radius 1 is 1.21 bits per heavy atom. The lowest BCUT2D eigenvalue weighted by molar-refractivity contribution is -0.141. The topological polar surface area (TPSA) is 55.0 Å². The van der Waals surface area contributed by atoms with Gasteiger partial charge in [0.05, 0.1) is 0 Å². The van der Waals surface area contributed by atoms with Gasteiger partial charge in [-0.3, -0.25) is 0 Å². The summed E-state index contributed by atoms with van der Waals surface area (Å²) in [5.41, 5.74) is 4.22. The SMILES string of the molecule is CC(N(C)c1cc(C(F)(F)F)nc(N)n1)C(C)(C)C. The van der Waals surface area contributed by atoms with Gasteiger partial charge in [0, 0.05) is 19.2 Å². The maximum absolute atomic E-state index is 12.7. The molecule has 0 saturated carbocycles. The van der Waals surface area contributed by atoms with Crippen molar-refractivity contribution in [3.63, 3.8) is 0 Å². The van der Waals surface area contributed by atoms with Gasteiger partial charge in [0.25, 0.3) is 0 Å². The monoisotopic (exact) mass is 276 g/mol. The molecule has 2 N–H and O–H groups in total. The number of rotatable bonds is 2. The molecule has 1 aromatic heterocycles. The van der Waals surface area contributed by atoms with Crippen molar-refractivity contribution in [2.45, 2.75) is 39.9 Å². The van der Waals surface area contributed by atoms with Crippen molar-refractivity contribution in [2.24, 2.45) is 5.41 Å². The number of hydrogen-bond donors (Lipinski definition) is 1. The Kier molecular flexibility index (Phi) is 3.97. The van der Waals surface area contributed by atoms with Crippen molar-refractivity contribution in [2.75, 3.05) is 17.7 Å². The molecule has 1 heterocycles. The van der Waals surface area contributed by atoms with Crippen LogP contribution in [0.1, 0.15) is 33.4 Å². The molecule has 1 rings (SSSR count). The third kappa shape index (κ3) is 3.71. The number of alkyl halides is 3. The van der Waals surface area contributed by atoms with Gasteiger partial charge in [-0.2, -0.15) is 18.2 Å². The summed E-state index contributed by atoms with van der Waals surface area (Å²) >= 11 is 0. The third-order valence-corrected chi connectivity index (χ3v) is 3.22. The molecule has 7 heteroatoms. The summed E-state index contributed by atoms with van der Waals surface area (Å²) in [5, 5.41) is 0. The molecule has 1 unspecified atom stereocenters. The third-order valence-electron chi connectivity index (χ3n) is 3.22. The molecule has 0 aliphatic heterocycles. The second-order valence-electron chi connectivity index (χ2n) is 5.62. The highest BCUT2D eigenvalue weighted by Crippen LogP contribution is 2.32. The molecule has 0 radical (unpaired) electrons. The standard InChI is InChI=1S/C12H19F3N4/c1-7(11(2,3)4)19(5)9-6-8(12(13,14)15)17-10(16)18-9/h6-7H,1-5H3,(H2,16,17,18). The van der Waals surface area contributed by atoms with Crippen LogP contribution in [0.2, 0.25) is 0 Å². The van der Waals surface area contributed by atoms with Gasteiger partial charge in [-0.05, 0) is 12.3 Å². The Balaban J connectivity index is 3.18. The van der Waals surface area contributed by atoms with E-state index in [0.717, 1.165) is 6.07 Å². The lowest BCUT2D eigenvalue weighted by Gasteiger charge is -2.36. The Hall–Kier alpha value is -1.53. The maximum atomic E-state index is 12.7. The van der Waals surface area contributed by atoms with Crippen LogP contribution in [0.5, 0.6) is 0 Å². The predicted octanol–water partition coefficient (Wildman–Crippen LogP) is 2.95. The lowest BCUT2D eigenvalue weighted by Crippen LogP contribution is -2.40. The number of anilines is 2. The molecular weight excluding hydrogens is 257 g/mol. The van der Waals surface area contributed by atoms with Crippen LogP contribution in [-0.4, -0.2) is 23.1 Å². The summed E-state index contributed by atoms with van der Waals surface area (Å²) in [7, 11) is 1.69. The van der Waals surface area contributed by atoms with E-state index in [-0.39, 0.29) is 23.2 Å². The second kappa shape index (κ2) is 4.86. The van der Waals surface area contributed by atoms with E-state index in [9.17, 15) is 13.2 Å². The van der Waals surface area contributed by atoms with Crippen molar-refractivity contribution in [3.05, 3.63) is 11.8 Å².